The summed E-state index contributed by atoms with van der Waals surface area (Å²) in [4.78, 5) is 33.1. The van der Waals surface area contributed by atoms with Crippen LogP contribution in [0, 0.1) is 27.9 Å². The average molecular weight is 840 g/mol. The minimum absolute atomic E-state index is 0.0122. The number of aliphatic hydroxyl groups is 2. The number of non-ortho nitro benzene ring substituents is 1. The Hall–Kier alpha value is -4.21. The fraction of sp³-hybridized carbons (Fsp3) is 0.591. The smallest absolute Gasteiger partial charge is 0.410 e. The predicted molar refractivity (Wildman–Crippen MR) is 222 cm³/mol. The van der Waals surface area contributed by atoms with Crippen LogP contribution in [0.1, 0.15) is 89.0 Å². The number of nitrogens with zero attached hydrogens (tertiary/aromatic N) is 3. The first-order valence-corrected chi connectivity index (χ1v) is 21.6. The number of aliphatic hydroxyl groups excluding tert-OH is 2. The highest BCUT2D eigenvalue weighted by Gasteiger charge is 2.65. The van der Waals surface area contributed by atoms with Crippen molar-refractivity contribution < 1.29 is 48.5 Å². The molecule has 2 aliphatic heterocycles. The van der Waals surface area contributed by atoms with Crippen molar-refractivity contribution >= 4 is 29.1 Å². The van der Waals surface area contributed by atoms with Crippen LogP contribution in [-0.4, -0.2) is 95.4 Å². The number of oxime groups is 1. The van der Waals surface area contributed by atoms with Crippen molar-refractivity contribution in [2.45, 2.75) is 102 Å². The van der Waals surface area contributed by atoms with E-state index in [9.17, 15) is 25.1 Å². The number of ether oxygens (including phenoxy) is 5. The lowest BCUT2D eigenvalue weighted by atomic mass is 9.55. The molecule has 2 aromatic carbocycles. The zero-order valence-electron chi connectivity index (χ0n) is 33.9. The third-order valence-corrected chi connectivity index (χ3v) is 11.9. The van der Waals surface area contributed by atoms with E-state index in [4.69, 9.17) is 45.3 Å². The predicted octanol–water partition coefficient (Wildman–Crippen LogP) is 8.63. The summed E-state index contributed by atoms with van der Waals surface area (Å²) in [5.41, 5.74) is 2.30. The Morgan fingerprint density at radius 1 is 1.12 bits per heavy atom. The van der Waals surface area contributed by atoms with E-state index in [1.165, 1.54) is 12.1 Å². The van der Waals surface area contributed by atoms with Gasteiger partial charge in [-0.1, -0.05) is 43.1 Å². The largest absolute Gasteiger partial charge is 0.459 e. The Balaban J connectivity index is 1.57. The maximum absolute atomic E-state index is 14.1. The maximum atomic E-state index is 14.1. The van der Waals surface area contributed by atoms with Crippen LogP contribution in [0.15, 0.2) is 71.9 Å². The Morgan fingerprint density at radius 2 is 1.92 bits per heavy atom. The molecule has 2 heterocycles. The van der Waals surface area contributed by atoms with Crippen LogP contribution in [0.3, 0.4) is 0 Å². The zero-order chi connectivity index (χ0) is 41.8. The molecule has 322 valence electrons. The summed E-state index contributed by atoms with van der Waals surface area (Å²) >= 11 is 6.01. The third kappa shape index (κ3) is 10.2. The number of halogens is 1. The Kier molecular flexibility index (Phi) is 16.0. The van der Waals surface area contributed by atoms with Gasteiger partial charge in [0.2, 0.25) is 12.1 Å². The van der Waals surface area contributed by atoms with Gasteiger partial charge in [0.1, 0.15) is 29.9 Å². The van der Waals surface area contributed by atoms with Crippen LogP contribution in [0.2, 0.25) is 0 Å². The zero-order valence-corrected chi connectivity index (χ0v) is 34.6. The second-order valence-corrected chi connectivity index (χ2v) is 15.9. The number of nitro groups is 1. The van der Waals surface area contributed by atoms with Crippen molar-refractivity contribution in [3.8, 4) is 17.2 Å². The monoisotopic (exact) mass is 839 g/mol. The van der Waals surface area contributed by atoms with Crippen molar-refractivity contribution in [2.24, 2.45) is 22.9 Å². The number of nitro benzene ring substituents is 1. The van der Waals surface area contributed by atoms with Crippen molar-refractivity contribution in [1.82, 2.24) is 4.90 Å². The first kappa shape index (κ1) is 44.3. The summed E-state index contributed by atoms with van der Waals surface area (Å²) < 4.78 is 32.2. The van der Waals surface area contributed by atoms with Gasteiger partial charge >= 0.3 is 6.09 Å². The first-order valence-electron chi connectivity index (χ1n) is 21.1. The quantitative estimate of drug-likeness (QED) is 0.0405. The van der Waals surface area contributed by atoms with Crippen LogP contribution < -0.4 is 9.47 Å². The fourth-order valence-corrected chi connectivity index (χ4v) is 9.33. The number of unbranched alkanes of at least 4 members (excludes halogenated alkanes) is 2. The van der Waals surface area contributed by atoms with Gasteiger partial charge in [0.25, 0.3) is 5.69 Å². The molecule has 0 spiro atoms. The molecule has 2 fully saturated rings. The highest BCUT2D eigenvalue weighted by molar-refractivity contribution is 6.18. The fourth-order valence-electron chi connectivity index (χ4n) is 9.25. The second-order valence-electron chi connectivity index (χ2n) is 15.5. The van der Waals surface area contributed by atoms with Gasteiger partial charge in [-0.15, -0.1) is 18.2 Å². The van der Waals surface area contributed by atoms with E-state index in [1.807, 2.05) is 19.1 Å². The van der Waals surface area contributed by atoms with E-state index >= 15 is 0 Å². The van der Waals surface area contributed by atoms with E-state index in [1.54, 1.807) is 29.2 Å². The highest BCUT2D eigenvalue weighted by Crippen LogP contribution is 2.62. The van der Waals surface area contributed by atoms with E-state index < -0.39 is 35.1 Å². The molecule has 2 aromatic rings. The second kappa shape index (κ2) is 21.4. The number of rotatable bonds is 21. The summed E-state index contributed by atoms with van der Waals surface area (Å²) in [6, 6.07) is 10.8. The standard InChI is InChI=1S/C44H58ClN3O11/c1-3-20-47(43(51)55-25-19-45)39-29-37(46-59-40-16-7-10-24-54-40)35-26-30(12-5-8-21-49)34(15-6-9-22-50)41-36-28-33(57-32-14-11-13-31(27-32)48(52)53)17-18-38(36)58-44(39,42(35)41)56-23-4-2/h4,11,13-14,17-18,26-28,30,34,39-42,49-50H,2-3,5-10,12,15-16,19-25,29H2,1H3. The highest BCUT2D eigenvalue weighted by atomic mass is 35.5. The molecular weight excluding hydrogens is 782 g/mol. The number of fused-ring (bicyclic) bond motifs is 2. The summed E-state index contributed by atoms with van der Waals surface area (Å²) in [5.74, 6) is -0.827. The molecule has 1 amide bonds. The van der Waals surface area contributed by atoms with Gasteiger partial charge in [0, 0.05) is 50.1 Å². The SMILES string of the molecule is C=CCOC12Oc3ccc(Oc4cccc([N+](=O)[O-])c4)cc3C3C(CCCCO)C(CCCCO)C=C(C(=NOC4CCCCO4)CC1N(CCC)C(=O)OCCCl)C32. The van der Waals surface area contributed by atoms with Gasteiger partial charge in [-0.05, 0) is 86.6 Å². The number of benzene rings is 2. The van der Waals surface area contributed by atoms with Crippen LogP contribution in [0.25, 0.3) is 0 Å². The van der Waals surface area contributed by atoms with E-state index in [0.29, 0.717) is 61.8 Å². The third-order valence-electron chi connectivity index (χ3n) is 11.7. The molecule has 7 unspecified atom stereocenters. The summed E-state index contributed by atoms with van der Waals surface area (Å²) in [7, 11) is 0. The van der Waals surface area contributed by atoms with Gasteiger partial charge in [-0.2, -0.15) is 0 Å². The molecule has 0 aromatic heterocycles. The van der Waals surface area contributed by atoms with Crippen molar-refractivity contribution in [2.75, 3.05) is 45.5 Å². The number of carbonyl (C=O) groups is 1. The van der Waals surface area contributed by atoms with E-state index in [0.717, 1.165) is 49.7 Å². The molecule has 2 N–H and O–H groups in total. The lowest BCUT2D eigenvalue weighted by Crippen LogP contribution is -2.70. The van der Waals surface area contributed by atoms with Crippen LogP contribution in [0.5, 0.6) is 17.2 Å². The molecule has 1 saturated carbocycles. The molecule has 1 saturated heterocycles. The topological polar surface area (TPSA) is 172 Å². The van der Waals surface area contributed by atoms with Crippen molar-refractivity contribution in [3.05, 3.63) is 82.4 Å². The molecule has 2 aliphatic carbocycles. The molecule has 7 atom stereocenters. The number of alkyl halides is 1. The molecule has 4 aliphatic rings. The number of hydrogen-bond acceptors (Lipinski definition) is 12. The van der Waals surface area contributed by atoms with Crippen LogP contribution >= 0.6 is 11.6 Å². The van der Waals surface area contributed by atoms with Crippen molar-refractivity contribution in [1.29, 1.82) is 0 Å². The Morgan fingerprint density at radius 3 is 2.63 bits per heavy atom. The molecule has 0 radical (unpaired) electrons. The molecular formula is C44H58ClN3O11. The summed E-state index contributed by atoms with van der Waals surface area (Å²) in [6.45, 7) is 7.15. The number of amides is 1. The van der Waals surface area contributed by atoms with Gasteiger partial charge in [0.15, 0.2) is 0 Å². The lowest BCUT2D eigenvalue weighted by Gasteiger charge is -2.60. The normalized spacial score (nSPS) is 26.4. The number of carbonyl (C=O) groups excluding carboxylic acids is 1. The molecule has 6 rings (SSSR count). The summed E-state index contributed by atoms with van der Waals surface area (Å²) in [5, 5.41) is 36.3. The van der Waals surface area contributed by atoms with Gasteiger partial charge < -0.3 is 38.7 Å². The minimum Gasteiger partial charge on any atom is -0.459 e. The Bertz CT molecular complexity index is 1800. The number of allylic oxidation sites excluding steroid dienone is 1. The lowest BCUT2D eigenvalue weighted by molar-refractivity contribution is -0.384. The molecule has 14 nitrogen and oxygen atoms in total. The van der Waals surface area contributed by atoms with E-state index in [-0.39, 0.29) is 62.2 Å². The average Bonchev–Trinajstić information content (AvgIpc) is 3.25. The van der Waals surface area contributed by atoms with E-state index in [2.05, 4.69) is 12.7 Å². The first-order chi connectivity index (χ1) is 28.8. The van der Waals surface area contributed by atoms with Crippen LogP contribution in [-0.2, 0) is 19.0 Å². The molecule has 0 bridgehead atoms. The van der Waals surface area contributed by atoms with Gasteiger partial charge in [0.05, 0.1) is 41.7 Å². The Labute approximate surface area is 351 Å². The van der Waals surface area contributed by atoms with Crippen molar-refractivity contribution in [3.63, 3.8) is 0 Å². The van der Waals surface area contributed by atoms with Crippen LogP contribution in [0.4, 0.5) is 10.5 Å². The summed E-state index contributed by atoms with van der Waals surface area (Å²) in [6.07, 6.45) is 10.7. The van der Waals surface area contributed by atoms with Gasteiger partial charge in [-0.25, -0.2) is 4.79 Å². The molecule has 59 heavy (non-hydrogen) atoms. The van der Waals surface area contributed by atoms with Gasteiger partial charge in [-0.3, -0.25) is 15.0 Å². The number of hydrogen-bond donors (Lipinski definition) is 2. The minimum atomic E-state index is -1.46. The molecule has 15 heteroatoms. The maximum Gasteiger partial charge on any atom is 0.410 e.